The van der Waals surface area contributed by atoms with E-state index >= 15 is 0 Å². The number of nitrogens with two attached hydrogens (primary N) is 1. The van der Waals surface area contributed by atoms with Crippen molar-refractivity contribution in [1.82, 2.24) is 10.2 Å². The summed E-state index contributed by atoms with van der Waals surface area (Å²) in [5, 5.41) is 11.0. The van der Waals surface area contributed by atoms with Gasteiger partial charge < -0.3 is 20.9 Å². The Morgan fingerprint density at radius 3 is 2.53 bits per heavy atom. The second kappa shape index (κ2) is 8.41. The van der Waals surface area contributed by atoms with Crippen LogP contribution in [-0.2, 0) is 9.53 Å². The molecule has 4 N–H and O–H groups in total. The Hall–Kier alpha value is -0.690. The van der Waals surface area contributed by atoms with Crippen molar-refractivity contribution >= 4 is 5.97 Å². The molecule has 0 amide bonds. The topological polar surface area (TPSA) is 87.8 Å². The highest BCUT2D eigenvalue weighted by Gasteiger charge is 2.22. The molecule has 6 heteroatoms. The predicted octanol–water partition coefficient (Wildman–Crippen LogP) is -0.552. The van der Waals surface area contributed by atoms with Gasteiger partial charge in [0.25, 0.3) is 0 Å². The van der Waals surface area contributed by atoms with E-state index in [4.69, 9.17) is 9.84 Å². The molecule has 100 valence electrons. The molecular weight excluding hydrogens is 222 g/mol. The summed E-state index contributed by atoms with van der Waals surface area (Å²) in [6.07, 6.45) is 4.45. The number of hydrogen-bond donors (Lipinski definition) is 3. The van der Waals surface area contributed by atoms with Gasteiger partial charge in [-0.3, -0.25) is 9.69 Å². The van der Waals surface area contributed by atoms with Crippen LogP contribution in [-0.4, -0.2) is 61.5 Å². The average molecular weight is 245 g/mol. The summed E-state index contributed by atoms with van der Waals surface area (Å²) in [7, 11) is 0. The fourth-order valence-corrected chi connectivity index (χ4v) is 1.99. The molecule has 2 aliphatic rings. The standard InChI is InChI=1S/C9H18N2O.C2H5NO2/c1-2-5-11(6-3-1)9-8-10-4-7-12-9;3-1-2(4)5/h9-10H,1-8H2;1,3H2,(H,4,5). The molecule has 2 fully saturated rings. The van der Waals surface area contributed by atoms with Crippen molar-refractivity contribution in [2.45, 2.75) is 25.5 Å². The average Bonchev–Trinajstić information content (AvgIpc) is 2.41. The molecule has 1 atom stereocenters. The maximum absolute atomic E-state index is 9.24. The monoisotopic (exact) mass is 245 g/mol. The molecule has 6 nitrogen and oxygen atoms in total. The Morgan fingerprint density at radius 1 is 1.41 bits per heavy atom. The predicted molar refractivity (Wildman–Crippen MR) is 64.7 cm³/mol. The maximum atomic E-state index is 9.24. The highest BCUT2D eigenvalue weighted by molar-refractivity contribution is 5.68. The van der Waals surface area contributed by atoms with Crippen molar-refractivity contribution in [2.75, 3.05) is 39.3 Å². The number of carbonyl (C=O) groups is 1. The molecule has 2 aliphatic heterocycles. The first-order valence-corrected chi connectivity index (χ1v) is 6.22. The number of hydrogen-bond acceptors (Lipinski definition) is 5. The van der Waals surface area contributed by atoms with Gasteiger partial charge in [-0.2, -0.15) is 0 Å². The van der Waals surface area contributed by atoms with Gasteiger partial charge in [0.05, 0.1) is 13.2 Å². The van der Waals surface area contributed by atoms with Crippen LogP contribution in [0.25, 0.3) is 0 Å². The molecule has 0 aromatic heterocycles. The molecule has 1 unspecified atom stereocenters. The first kappa shape index (κ1) is 14.4. The number of morpholine rings is 1. The summed E-state index contributed by atoms with van der Waals surface area (Å²) >= 11 is 0. The van der Waals surface area contributed by atoms with Gasteiger partial charge in [0.15, 0.2) is 0 Å². The minimum absolute atomic E-state index is 0.278. The van der Waals surface area contributed by atoms with Crippen LogP contribution in [0.1, 0.15) is 19.3 Å². The molecule has 0 aliphatic carbocycles. The zero-order chi connectivity index (χ0) is 12.5. The maximum Gasteiger partial charge on any atom is 0.317 e. The smallest absolute Gasteiger partial charge is 0.317 e. The lowest BCUT2D eigenvalue weighted by Crippen LogP contribution is -2.50. The van der Waals surface area contributed by atoms with Crippen LogP contribution in [0.4, 0.5) is 0 Å². The summed E-state index contributed by atoms with van der Waals surface area (Å²) in [5.41, 5.74) is 4.57. The van der Waals surface area contributed by atoms with Crippen molar-refractivity contribution in [3.05, 3.63) is 0 Å². The van der Waals surface area contributed by atoms with Crippen molar-refractivity contribution in [3.63, 3.8) is 0 Å². The zero-order valence-corrected chi connectivity index (χ0v) is 10.2. The van der Waals surface area contributed by atoms with Crippen LogP contribution in [0, 0.1) is 0 Å². The molecule has 0 aromatic rings. The first-order chi connectivity index (χ1) is 8.24. The lowest BCUT2D eigenvalue weighted by molar-refractivity contribution is -0.135. The van der Waals surface area contributed by atoms with Gasteiger partial charge in [0.1, 0.15) is 6.23 Å². The third kappa shape index (κ3) is 5.97. The van der Waals surface area contributed by atoms with E-state index in [9.17, 15) is 4.79 Å². The van der Waals surface area contributed by atoms with E-state index < -0.39 is 5.97 Å². The molecule has 0 spiro atoms. The number of aliphatic carboxylic acids is 1. The Morgan fingerprint density at radius 2 is 2.06 bits per heavy atom. The summed E-state index contributed by atoms with van der Waals surface area (Å²) in [6, 6.07) is 0. The minimum atomic E-state index is -0.968. The Balaban J connectivity index is 0.000000249. The second-order valence-corrected chi connectivity index (χ2v) is 4.22. The summed E-state index contributed by atoms with van der Waals surface area (Å²) in [6.45, 7) is 5.09. The van der Waals surface area contributed by atoms with Gasteiger partial charge in [-0.1, -0.05) is 6.42 Å². The number of piperidine rings is 1. The third-order valence-electron chi connectivity index (χ3n) is 2.88. The van der Waals surface area contributed by atoms with Crippen LogP contribution >= 0.6 is 0 Å². The molecular formula is C11H23N3O3. The van der Waals surface area contributed by atoms with Gasteiger partial charge in [-0.25, -0.2) is 0 Å². The quantitative estimate of drug-likeness (QED) is 0.605. The first-order valence-electron chi connectivity index (χ1n) is 6.22. The summed E-state index contributed by atoms with van der Waals surface area (Å²) in [5.74, 6) is -0.968. The Bertz CT molecular complexity index is 198. The van der Waals surface area contributed by atoms with Crippen LogP contribution in [0.3, 0.4) is 0 Å². The van der Waals surface area contributed by atoms with Gasteiger partial charge in [-0.05, 0) is 12.8 Å². The van der Waals surface area contributed by atoms with Gasteiger partial charge in [-0.15, -0.1) is 0 Å². The molecule has 0 radical (unpaired) electrons. The fourth-order valence-electron chi connectivity index (χ4n) is 1.99. The highest BCUT2D eigenvalue weighted by atomic mass is 16.5. The van der Waals surface area contributed by atoms with Gasteiger partial charge in [0, 0.05) is 26.2 Å². The lowest BCUT2D eigenvalue weighted by Gasteiger charge is -2.36. The fraction of sp³-hybridized carbons (Fsp3) is 0.909. The Labute approximate surface area is 102 Å². The molecule has 2 saturated heterocycles. The molecule has 0 aromatic carbocycles. The molecule has 2 heterocycles. The largest absolute Gasteiger partial charge is 0.480 e. The van der Waals surface area contributed by atoms with Crippen molar-refractivity contribution < 1.29 is 14.6 Å². The summed E-state index contributed by atoms with van der Waals surface area (Å²) < 4.78 is 5.68. The SMILES string of the molecule is C1CCN(C2CNCCO2)CC1.NCC(=O)O. The van der Waals surface area contributed by atoms with Crippen LogP contribution in [0.2, 0.25) is 0 Å². The van der Waals surface area contributed by atoms with Crippen LogP contribution in [0.5, 0.6) is 0 Å². The number of likely N-dealkylation sites (tertiary alicyclic amines) is 1. The number of carboxylic acid groups (broad SMARTS) is 1. The third-order valence-corrected chi connectivity index (χ3v) is 2.88. The molecule has 2 rings (SSSR count). The number of ether oxygens (including phenoxy) is 1. The Kier molecular flexibility index (Phi) is 7.11. The summed E-state index contributed by atoms with van der Waals surface area (Å²) in [4.78, 5) is 11.7. The molecule has 17 heavy (non-hydrogen) atoms. The van der Waals surface area contributed by atoms with E-state index in [0.29, 0.717) is 6.23 Å². The molecule has 0 saturated carbocycles. The van der Waals surface area contributed by atoms with Crippen LogP contribution < -0.4 is 11.1 Å². The van der Waals surface area contributed by atoms with Crippen LogP contribution in [0.15, 0.2) is 0 Å². The van der Waals surface area contributed by atoms with E-state index in [1.54, 1.807) is 0 Å². The van der Waals surface area contributed by atoms with Crippen molar-refractivity contribution in [3.8, 4) is 0 Å². The normalized spacial score (nSPS) is 25.8. The molecule has 0 bridgehead atoms. The number of nitrogens with one attached hydrogen (secondary N) is 1. The van der Waals surface area contributed by atoms with E-state index in [0.717, 1.165) is 19.7 Å². The van der Waals surface area contributed by atoms with E-state index in [2.05, 4.69) is 16.0 Å². The van der Waals surface area contributed by atoms with Gasteiger partial charge in [0.2, 0.25) is 0 Å². The van der Waals surface area contributed by atoms with E-state index in [-0.39, 0.29) is 6.54 Å². The zero-order valence-electron chi connectivity index (χ0n) is 10.2. The van der Waals surface area contributed by atoms with E-state index in [1.807, 2.05) is 0 Å². The lowest BCUT2D eigenvalue weighted by atomic mass is 10.1. The highest BCUT2D eigenvalue weighted by Crippen LogP contribution is 2.13. The van der Waals surface area contributed by atoms with Crippen molar-refractivity contribution in [1.29, 1.82) is 0 Å². The van der Waals surface area contributed by atoms with E-state index in [1.165, 1.54) is 32.4 Å². The number of nitrogens with zero attached hydrogens (tertiary/aromatic N) is 1. The number of carboxylic acids is 1. The second-order valence-electron chi connectivity index (χ2n) is 4.22. The minimum Gasteiger partial charge on any atom is -0.480 e. The number of rotatable bonds is 2. The van der Waals surface area contributed by atoms with Gasteiger partial charge >= 0.3 is 5.97 Å². The van der Waals surface area contributed by atoms with Crippen molar-refractivity contribution in [2.24, 2.45) is 5.73 Å².